The Labute approximate surface area is 169 Å². The molecule has 1 aliphatic heterocycles. The van der Waals surface area contributed by atoms with E-state index in [1.807, 2.05) is 24.3 Å². The molecule has 144 valence electrons. The number of carbonyl (C=O) groups is 1. The van der Waals surface area contributed by atoms with Crippen molar-refractivity contribution in [2.24, 2.45) is 0 Å². The van der Waals surface area contributed by atoms with Crippen LogP contribution in [-0.4, -0.2) is 37.3 Å². The van der Waals surface area contributed by atoms with Gasteiger partial charge >= 0.3 is 6.03 Å². The first-order valence-corrected chi connectivity index (χ1v) is 9.56. The number of ether oxygens (including phenoxy) is 2. The summed E-state index contributed by atoms with van der Waals surface area (Å²) in [5.41, 5.74) is 1.46. The van der Waals surface area contributed by atoms with Crippen molar-refractivity contribution in [2.45, 2.75) is 25.5 Å². The Balaban J connectivity index is 1.77. The van der Waals surface area contributed by atoms with E-state index < -0.39 is 0 Å². The van der Waals surface area contributed by atoms with Crippen molar-refractivity contribution in [3.63, 3.8) is 0 Å². The molecule has 1 fully saturated rings. The first-order chi connectivity index (χ1) is 13.0. The average Bonchev–Trinajstić information content (AvgIpc) is 3.17. The van der Waals surface area contributed by atoms with E-state index in [2.05, 4.69) is 5.32 Å². The maximum Gasteiger partial charge on any atom is 0.322 e. The Morgan fingerprint density at radius 3 is 2.89 bits per heavy atom. The first kappa shape index (κ1) is 19.8. The molecule has 0 bridgehead atoms. The zero-order valence-corrected chi connectivity index (χ0v) is 16.6. The molecule has 1 unspecified atom stereocenters. The molecule has 0 aromatic heterocycles. The van der Waals surface area contributed by atoms with Gasteiger partial charge in [0.1, 0.15) is 5.75 Å². The van der Waals surface area contributed by atoms with Crippen molar-refractivity contribution in [1.82, 2.24) is 4.90 Å². The first-order valence-electron chi connectivity index (χ1n) is 8.80. The number of carbonyl (C=O) groups excluding carboxylic acids is 1. The van der Waals surface area contributed by atoms with Crippen LogP contribution in [0.3, 0.4) is 0 Å². The smallest absolute Gasteiger partial charge is 0.322 e. The molecule has 0 aliphatic carbocycles. The van der Waals surface area contributed by atoms with E-state index >= 15 is 0 Å². The molecule has 2 aromatic carbocycles. The van der Waals surface area contributed by atoms with Gasteiger partial charge in [-0.2, -0.15) is 0 Å². The van der Waals surface area contributed by atoms with Crippen LogP contribution in [0.4, 0.5) is 10.5 Å². The number of anilines is 1. The lowest BCUT2D eigenvalue weighted by Gasteiger charge is -2.26. The fraction of sp³-hybridized carbons (Fsp3) is 0.350. The van der Waals surface area contributed by atoms with Gasteiger partial charge in [-0.15, -0.1) is 0 Å². The highest BCUT2D eigenvalue weighted by Gasteiger charge is 2.23. The van der Waals surface area contributed by atoms with Gasteiger partial charge in [0.15, 0.2) is 0 Å². The third-order valence-corrected chi connectivity index (χ3v) is 4.98. The van der Waals surface area contributed by atoms with Crippen molar-refractivity contribution in [3.8, 4) is 5.75 Å². The Bertz CT molecular complexity index is 795. The van der Waals surface area contributed by atoms with Crippen LogP contribution < -0.4 is 10.1 Å². The zero-order valence-electron chi connectivity index (χ0n) is 15.1. The lowest BCUT2D eigenvalue weighted by atomic mass is 10.2. The number of nitrogens with zero attached hydrogens (tertiary/aromatic N) is 1. The summed E-state index contributed by atoms with van der Waals surface area (Å²) in [7, 11) is 1.62. The molecule has 2 aromatic rings. The van der Waals surface area contributed by atoms with E-state index in [-0.39, 0.29) is 12.1 Å². The molecular formula is C20H22Cl2N2O3. The summed E-state index contributed by atoms with van der Waals surface area (Å²) < 4.78 is 11.0. The molecule has 1 atom stereocenters. The van der Waals surface area contributed by atoms with E-state index in [9.17, 15) is 4.79 Å². The van der Waals surface area contributed by atoms with Crippen molar-refractivity contribution in [2.75, 3.05) is 25.6 Å². The third kappa shape index (κ3) is 5.51. The molecule has 1 aliphatic rings. The maximum atomic E-state index is 12.9. The van der Waals surface area contributed by atoms with Gasteiger partial charge in [0.05, 0.1) is 23.9 Å². The second-order valence-corrected chi connectivity index (χ2v) is 7.27. The highest BCUT2D eigenvalue weighted by atomic mass is 35.5. The molecule has 3 rings (SSSR count). The minimum atomic E-state index is -0.252. The Kier molecular flexibility index (Phi) is 6.83. The minimum absolute atomic E-state index is 0.0381. The summed E-state index contributed by atoms with van der Waals surface area (Å²) in [5.74, 6) is 0.753. The van der Waals surface area contributed by atoms with E-state index in [1.165, 1.54) is 0 Å². The Morgan fingerprint density at radius 1 is 1.30 bits per heavy atom. The van der Waals surface area contributed by atoms with Gasteiger partial charge in [0.2, 0.25) is 0 Å². The van der Waals surface area contributed by atoms with Crippen LogP contribution in [0.25, 0.3) is 0 Å². The second-order valence-electron chi connectivity index (χ2n) is 6.42. The molecule has 27 heavy (non-hydrogen) atoms. The molecule has 2 amide bonds. The molecule has 0 spiro atoms. The summed E-state index contributed by atoms with van der Waals surface area (Å²) in [4.78, 5) is 14.7. The fourth-order valence-electron chi connectivity index (χ4n) is 3.03. The highest BCUT2D eigenvalue weighted by molar-refractivity contribution is 6.35. The predicted octanol–water partition coefficient (Wildman–Crippen LogP) is 5.22. The maximum absolute atomic E-state index is 12.9. The van der Waals surface area contributed by atoms with Gasteiger partial charge in [0, 0.05) is 24.7 Å². The monoisotopic (exact) mass is 408 g/mol. The predicted molar refractivity (Wildman–Crippen MR) is 108 cm³/mol. The van der Waals surface area contributed by atoms with Gasteiger partial charge in [-0.05, 0) is 48.7 Å². The van der Waals surface area contributed by atoms with E-state index in [4.69, 9.17) is 32.7 Å². The number of nitrogens with one attached hydrogen (secondary N) is 1. The molecule has 1 heterocycles. The number of halogens is 2. The Morgan fingerprint density at radius 2 is 2.15 bits per heavy atom. The Hall–Kier alpha value is -1.95. The van der Waals surface area contributed by atoms with E-state index in [0.29, 0.717) is 28.8 Å². The summed E-state index contributed by atoms with van der Waals surface area (Å²) in [6.07, 6.45) is 2.00. The minimum Gasteiger partial charge on any atom is -0.497 e. The summed E-state index contributed by atoms with van der Waals surface area (Å²) in [6.45, 7) is 1.67. The summed E-state index contributed by atoms with van der Waals surface area (Å²) in [5, 5.41) is 3.80. The lowest BCUT2D eigenvalue weighted by molar-refractivity contribution is 0.0819. The van der Waals surface area contributed by atoms with Crippen molar-refractivity contribution >= 4 is 34.9 Å². The number of amides is 2. The molecule has 1 saturated heterocycles. The number of urea groups is 1. The van der Waals surface area contributed by atoms with Crippen LogP contribution in [0, 0.1) is 0 Å². The van der Waals surface area contributed by atoms with Crippen molar-refractivity contribution in [3.05, 3.63) is 58.1 Å². The molecule has 0 saturated carbocycles. The molecular weight excluding hydrogens is 387 g/mol. The number of methoxy groups -OCH3 is 1. The summed E-state index contributed by atoms with van der Waals surface area (Å²) >= 11 is 12.2. The van der Waals surface area contributed by atoms with Crippen molar-refractivity contribution < 1.29 is 14.3 Å². The number of benzene rings is 2. The summed E-state index contributed by atoms with van der Waals surface area (Å²) in [6, 6.07) is 12.4. The normalized spacial score (nSPS) is 16.2. The molecule has 5 nitrogen and oxygen atoms in total. The fourth-order valence-corrected chi connectivity index (χ4v) is 3.37. The van der Waals surface area contributed by atoms with Gasteiger partial charge in [-0.1, -0.05) is 35.3 Å². The van der Waals surface area contributed by atoms with Crippen LogP contribution in [0.2, 0.25) is 10.0 Å². The van der Waals surface area contributed by atoms with Crippen LogP contribution in [0.1, 0.15) is 18.4 Å². The molecule has 0 radical (unpaired) electrons. The number of rotatable bonds is 6. The number of hydrogen-bond donors (Lipinski definition) is 1. The number of hydrogen-bond acceptors (Lipinski definition) is 3. The van der Waals surface area contributed by atoms with Crippen LogP contribution in [-0.2, 0) is 11.3 Å². The van der Waals surface area contributed by atoms with E-state index in [1.54, 1.807) is 30.2 Å². The second kappa shape index (κ2) is 9.31. The van der Waals surface area contributed by atoms with Gasteiger partial charge in [0.25, 0.3) is 0 Å². The van der Waals surface area contributed by atoms with Crippen LogP contribution in [0.5, 0.6) is 5.75 Å². The topological polar surface area (TPSA) is 50.8 Å². The quantitative estimate of drug-likeness (QED) is 0.712. The van der Waals surface area contributed by atoms with Gasteiger partial charge in [-0.25, -0.2) is 4.79 Å². The van der Waals surface area contributed by atoms with E-state index in [0.717, 1.165) is 30.8 Å². The third-order valence-electron chi connectivity index (χ3n) is 4.41. The average molecular weight is 409 g/mol. The molecule has 7 heteroatoms. The zero-order chi connectivity index (χ0) is 19.2. The largest absolute Gasteiger partial charge is 0.497 e. The van der Waals surface area contributed by atoms with Crippen molar-refractivity contribution in [1.29, 1.82) is 0 Å². The SMILES string of the molecule is COc1cccc(CN(CC2CCCO2)C(=O)Nc2cc(Cl)ccc2Cl)c1. The van der Waals surface area contributed by atoms with Gasteiger partial charge in [-0.3, -0.25) is 0 Å². The highest BCUT2D eigenvalue weighted by Crippen LogP contribution is 2.26. The lowest BCUT2D eigenvalue weighted by Crippen LogP contribution is -2.39. The van der Waals surface area contributed by atoms with Crippen LogP contribution in [0.15, 0.2) is 42.5 Å². The standard InChI is InChI=1S/C20H22Cl2N2O3/c1-26-16-5-2-4-14(10-16)12-24(13-17-6-3-9-27-17)20(25)23-19-11-15(21)7-8-18(19)22/h2,4-5,7-8,10-11,17H,3,6,9,12-13H2,1H3,(H,23,25). The van der Waals surface area contributed by atoms with Gasteiger partial charge < -0.3 is 19.7 Å². The molecule has 1 N–H and O–H groups in total. The van der Waals surface area contributed by atoms with Crippen LogP contribution >= 0.6 is 23.2 Å².